The topological polar surface area (TPSA) is 46.2 Å². The van der Waals surface area contributed by atoms with Crippen molar-refractivity contribution in [1.82, 2.24) is 0 Å². The Labute approximate surface area is 92.3 Å². The second kappa shape index (κ2) is 3.91. The molecule has 0 spiro atoms. The van der Waals surface area contributed by atoms with E-state index in [4.69, 9.17) is 5.73 Å². The molecule has 0 heterocycles. The summed E-state index contributed by atoms with van der Waals surface area (Å²) in [6.45, 7) is 0. The van der Waals surface area contributed by atoms with Gasteiger partial charge in [0.2, 0.25) is 0 Å². The Morgan fingerprint density at radius 3 is 2.79 bits per heavy atom. The molecular formula is C11H14BrNO. The van der Waals surface area contributed by atoms with Crippen molar-refractivity contribution in [2.45, 2.75) is 31.2 Å². The Morgan fingerprint density at radius 1 is 1.36 bits per heavy atom. The van der Waals surface area contributed by atoms with Crippen molar-refractivity contribution >= 4 is 15.9 Å². The first kappa shape index (κ1) is 9.99. The first-order valence-electron chi connectivity index (χ1n) is 4.92. The van der Waals surface area contributed by atoms with Crippen LogP contribution in [-0.2, 0) is 0 Å². The minimum atomic E-state index is 0.244. The van der Waals surface area contributed by atoms with Crippen LogP contribution in [0.3, 0.4) is 0 Å². The lowest BCUT2D eigenvalue weighted by atomic mass is 9.94. The molecule has 76 valence electrons. The number of hydrogen-bond acceptors (Lipinski definition) is 2. The number of hydrogen-bond donors (Lipinski definition) is 2. The zero-order chi connectivity index (χ0) is 10.1. The molecule has 0 aromatic heterocycles. The van der Waals surface area contributed by atoms with Gasteiger partial charge < -0.3 is 10.8 Å². The second-order valence-electron chi connectivity index (χ2n) is 3.91. The highest BCUT2D eigenvalue weighted by molar-refractivity contribution is 9.10. The van der Waals surface area contributed by atoms with Gasteiger partial charge in [-0.3, -0.25) is 0 Å². The molecule has 1 aliphatic rings. The third-order valence-corrected chi connectivity index (χ3v) is 3.67. The molecule has 1 aromatic rings. The summed E-state index contributed by atoms with van der Waals surface area (Å²) in [6, 6.07) is 5.64. The molecular weight excluding hydrogens is 242 g/mol. The van der Waals surface area contributed by atoms with E-state index in [0.29, 0.717) is 11.7 Å². The molecule has 1 aliphatic carbocycles. The van der Waals surface area contributed by atoms with Crippen molar-refractivity contribution < 1.29 is 5.11 Å². The third-order valence-electron chi connectivity index (χ3n) is 2.95. The van der Waals surface area contributed by atoms with Crippen LogP contribution >= 0.6 is 15.9 Å². The number of nitrogens with two attached hydrogens (primary N) is 1. The van der Waals surface area contributed by atoms with Crippen LogP contribution in [0.2, 0.25) is 0 Å². The zero-order valence-electron chi connectivity index (χ0n) is 7.91. The molecule has 1 fully saturated rings. The summed E-state index contributed by atoms with van der Waals surface area (Å²) in [7, 11) is 0. The number of phenols is 1. The standard InChI is InChI=1S/C11H14BrNO/c12-10-5-4-7(14)6-9(10)8-2-1-3-11(8)13/h4-6,8,11,14H,1-3,13H2. The van der Waals surface area contributed by atoms with Crippen LogP contribution in [0.1, 0.15) is 30.7 Å². The highest BCUT2D eigenvalue weighted by atomic mass is 79.9. The molecule has 2 atom stereocenters. The predicted octanol–water partition coefficient (Wildman–Crippen LogP) is 2.75. The van der Waals surface area contributed by atoms with Gasteiger partial charge in [-0.25, -0.2) is 0 Å². The van der Waals surface area contributed by atoms with E-state index >= 15 is 0 Å². The number of benzene rings is 1. The molecule has 2 unspecified atom stereocenters. The minimum Gasteiger partial charge on any atom is -0.508 e. The van der Waals surface area contributed by atoms with E-state index in [-0.39, 0.29) is 6.04 Å². The fourth-order valence-electron chi connectivity index (χ4n) is 2.19. The first-order valence-corrected chi connectivity index (χ1v) is 5.72. The molecule has 3 heteroatoms. The molecule has 2 nitrogen and oxygen atoms in total. The zero-order valence-corrected chi connectivity index (χ0v) is 9.50. The lowest BCUT2D eigenvalue weighted by Crippen LogP contribution is -2.22. The van der Waals surface area contributed by atoms with Crippen molar-refractivity contribution in [3.05, 3.63) is 28.2 Å². The number of halogens is 1. The lowest BCUT2D eigenvalue weighted by molar-refractivity contribution is 0.472. The van der Waals surface area contributed by atoms with Crippen LogP contribution in [0.4, 0.5) is 0 Å². The molecule has 14 heavy (non-hydrogen) atoms. The minimum absolute atomic E-state index is 0.244. The Balaban J connectivity index is 2.34. The Hall–Kier alpha value is -0.540. The lowest BCUT2D eigenvalue weighted by Gasteiger charge is -2.17. The van der Waals surface area contributed by atoms with Crippen LogP contribution in [0.5, 0.6) is 5.75 Å². The van der Waals surface area contributed by atoms with Crippen LogP contribution in [0.25, 0.3) is 0 Å². The fourth-order valence-corrected chi connectivity index (χ4v) is 2.73. The maximum atomic E-state index is 9.42. The van der Waals surface area contributed by atoms with Gasteiger partial charge in [0.15, 0.2) is 0 Å². The molecule has 1 aromatic carbocycles. The maximum absolute atomic E-state index is 9.42. The van der Waals surface area contributed by atoms with Crippen molar-refractivity contribution in [3.8, 4) is 5.75 Å². The van der Waals surface area contributed by atoms with E-state index in [1.807, 2.05) is 12.1 Å². The monoisotopic (exact) mass is 255 g/mol. The van der Waals surface area contributed by atoms with E-state index < -0.39 is 0 Å². The molecule has 3 N–H and O–H groups in total. The number of phenolic OH excluding ortho intramolecular Hbond substituents is 1. The van der Waals surface area contributed by atoms with Crippen LogP contribution in [0.15, 0.2) is 22.7 Å². The molecule has 2 rings (SSSR count). The van der Waals surface area contributed by atoms with Crippen LogP contribution in [0, 0.1) is 0 Å². The predicted molar refractivity (Wildman–Crippen MR) is 60.4 cm³/mol. The summed E-state index contributed by atoms with van der Waals surface area (Å²) in [5, 5.41) is 9.42. The van der Waals surface area contributed by atoms with Crippen LogP contribution < -0.4 is 5.73 Å². The van der Waals surface area contributed by atoms with Gasteiger partial charge in [-0.1, -0.05) is 22.4 Å². The SMILES string of the molecule is NC1CCCC1c1cc(O)ccc1Br. The highest BCUT2D eigenvalue weighted by Crippen LogP contribution is 2.38. The third kappa shape index (κ3) is 1.79. The molecule has 0 amide bonds. The Bertz CT molecular complexity index is 340. The Kier molecular flexibility index (Phi) is 2.79. The van der Waals surface area contributed by atoms with Gasteiger partial charge in [0.25, 0.3) is 0 Å². The van der Waals surface area contributed by atoms with Gasteiger partial charge in [0.05, 0.1) is 0 Å². The normalized spacial score (nSPS) is 26.7. The molecule has 0 saturated heterocycles. The largest absolute Gasteiger partial charge is 0.508 e. The van der Waals surface area contributed by atoms with Gasteiger partial charge in [0.1, 0.15) is 5.75 Å². The van der Waals surface area contributed by atoms with Gasteiger partial charge >= 0.3 is 0 Å². The quantitative estimate of drug-likeness (QED) is 0.811. The molecule has 0 bridgehead atoms. The second-order valence-corrected chi connectivity index (χ2v) is 4.76. The van der Waals surface area contributed by atoms with E-state index in [2.05, 4.69) is 15.9 Å². The molecule has 1 saturated carbocycles. The van der Waals surface area contributed by atoms with Gasteiger partial charge in [0, 0.05) is 16.4 Å². The molecule has 0 radical (unpaired) electrons. The van der Waals surface area contributed by atoms with Crippen molar-refractivity contribution in [1.29, 1.82) is 0 Å². The van der Waals surface area contributed by atoms with E-state index in [0.717, 1.165) is 22.9 Å². The summed E-state index contributed by atoms with van der Waals surface area (Å²) in [5.74, 6) is 0.721. The average molecular weight is 256 g/mol. The first-order chi connectivity index (χ1) is 6.68. The van der Waals surface area contributed by atoms with E-state index in [1.54, 1.807) is 6.07 Å². The fraction of sp³-hybridized carbons (Fsp3) is 0.455. The maximum Gasteiger partial charge on any atom is 0.115 e. The van der Waals surface area contributed by atoms with Crippen molar-refractivity contribution in [3.63, 3.8) is 0 Å². The molecule has 0 aliphatic heterocycles. The van der Waals surface area contributed by atoms with Gasteiger partial charge in [-0.15, -0.1) is 0 Å². The Morgan fingerprint density at radius 2 is 2.14 bits per heavy atom. The van der Waals surface area contributed by atoms with Gasteiger partial charge in [-0.05, 0) is 36.6 Å². The van der Waals surface area contributed by atoms with E-state index in [1.165, 1.54) is 6.42 Å². The highest BCUT2D eigenvalue weighted by Gasteiger charge is 2.26. The smallest absolute Gasteiger partial charge is 0.115 e. The summed E-state index contributed by atoms with van der Waals surface area (Å²) < 4.78 is 1.05. The summed E-state index contributed by atoms with van der Waals surface area (Å²) >= 11 is 3.50. The summed E-state index contributed by atoms with van der Waals surface area (Å²) in [5.41, 5.74) is 7.18. The summed E-state index contributed by atoms with van der Waals surface area (Å²) in [6.07, 6.45) is 3.41. The van der Waals surface area contributed by atoms with Crippen LogP contribution in [-0.4, -0.2) is 11.1 Å². The number of rotatable bonds is 1. The average Bonchev–Trinajstić information content (AvgIpc) is 2.56. The number of aromatic hydroxyl groups is 1. The van der Waals surface area contributed by atoms with Crippen molar-refractivity contribution in [2.24, 2.45) is 5.73 Å². The summed E-state index contributed by atoms with van der Waals surface area (Å²) in [4.78, 5) is 0. The van der Waals surface area contributed by atoms with Gasteiger partial charge in [-0.2, -0.15) is 0 Å². The van der Waals surface area contributed by atoms with Crippen molar-refractivity contribution in [2.75, 3.05) is 0 Å². The van der Waals surface area contributed by atoms with E-state index in [9.17, 15) is 5.11 Å².